The van der Waals surface area contributed by atoms with Gasteiger partial charge in [0, 0.05) is 12.6 Å². The van der Waals surface area contributed by atoms with Gasteiger partial charge in [0.2, 0.25) is 0 Å². The van der Waals surface area contributed by atoms with Gasteiger partial charge in [0.05, 0.1) is 9.80 Å². The van der Waals surface area contributed by atoms with Crippen molar-refractivity contribution in [1.29, 1.82) is 0 Å². The summed E-state index contributed by atoms with van der Waals surface area (Å²) < 4.78 is 37.6. The molecule has 0 unspecified atom stereocenters. The first kappa shape index (κ1) is 16.4. The molecule has 0 bridgehead atoms. The Balaban J connectivity index is 3.23. The van der Waals surface area contributed by atoms with Crippen LogP contribution in [0.25, 0.3) is 0 Å². The Morgan fingerprint density at radius 2 is 2.10 bits per heavy atom. The highest BCUT2D eigenvalue weighted by atomic mass is 32.1. The molecule has 1 heterocycles. The fourth-order valence-corrected chi connectivity index (χ4v) is 2.69. The average Bonchev–Trinajstić information content (AvgIpc) is 2.71. The van der Waals surface area contributed by atoms with Gasteiger partial charge in [0.15, 0.2) is 10.8 Å². The molecule has 112 valence electrons. The molecule has 0 aromatic carbocycles. The van der Waals surface area contributed by atoms with Crippen LogP contribution in [-0.2, 0) is 0 Å². The molecule has 1 rings (SSSR count). The number of hydrogen-bond acceptors (Lipinski definition) is 5. The number of anilines is 1. The Hall–Kier alpha value is -1.64. The Morgan fingerprint density at radius 1 is 1.50 bits per heavy atom. The van der Waals surface area contributed by atoms with E-state index < -0.39 is 29.1 Å². The molecule has 9 heteroatoms. The minimum atomic E-state index is -4.47. The van der Waals surface area contributed by atoms with Gasteiger partial charge < -0.3 is 4.90 Å². The molecule has 0 saturated heterocycles. The van der Waals surface area contributed by atoms with Gasteiger partial charge in [0.25, 0.3) is 0 Å². The molecule has 0 fully saturated rings. The molecule has 0 N–H and O–H groups in total. The average molecular weight is 310 g/mol. The Morgan fingerprint density at radius 3 is 2.50 bits per heavy atom. The minimum absolute atomic E-state index is 0.0260. The van der Waals surface area contributed by atoms with Crippen LogP contribution in [-0.4, -0.2) is 30.0 Å². The molecule has 0 aliphatic carbocycles. The number of alkyl halides is 3. The van der Waals surface area contributed by atoms with E-state index in [1.165, 1.54) is 6.92 Å². The zero-order valence-electron chi connectivity index (χ0n) is 10.9. The molecular formula is C11H13F3N2O3S. The van der Waals surface area contributed by atoms with Crippen molar-refractivity contribution in [2.75, 3.05) is 18.0 Å². The highest BCUT2D eigenvalue weighted by Gasteiger charge is 2.34. The molecule has 0 radical (unpaired) electrons. The number of nitrogens with zero attached hydrogens (tertiary/aromatic N) is 2. The van der Waals surface area contributed by atoms with Gasteiger partial charge in [-0.15, -0.1) is 11.3 Å². The lowest BCUT2D eigenvalue weighted by Gasteiger charge is -2.23. The lowest BCUT2D eigenvalue weighted by atomic mass is 10.3. The normalized spacial score (nSPS) is 11.4. The van der Waals surface area contributed by atoms with Crippen molar-refractivity contribution in [3.8, 4) is 0 Å². The van der Waals surface area contributed by atoms with Crippen molar-refractivity contribution in [3.63, 3.8) is 0 Å². The van der Waals surface area contributed by atoms with E-state index in [4.69, 9.17) is 0 Å². The third kappa shape index (κ3) is 4.19. The van der Waals surface area contributed by atoms with Gasteiger partial charge in [-0.05, 0) is 13.3 Å². The number of ketones is 1. The van der Waals surface area contributed by atoms with Crippen LogP contribution < -0.4 is 4.90 Å². The first-order valence-corrected chi connectivity index (χ1v) is 6.58. The molecule has 0 amide bonds. The van der Waals surface area contributed by atoms with Crippen LogP contribution in [0.15, 0.2) is 6.07 Å². The highest BCUT2D eigenvalue weighted by molar-refractivity contribution is 7.18. The predicted molar refractivity (Wildman–Crippen MR) is 69.5 cm³/mol. The lowest BCUT2D eigenvalue weighted by Crippen LogP contribution is -2.34. The summed E-state index contributed by atoms with van der Waals surface area (Å²) in [6, 6.07) is 1.03. The Labute approximate surface area is 117 Å². The van der Waals surface area contributed by atoms with E-state index in [2.05, 4.69) is 0 Å². The third-order valence-electron chi connectivity index (χ3n) is 2.39. The number of thiophene rings is 1. The summed E-state index contributed by atoms with van der Waals surface area (Å²) in [7, 11) is 0. The smallest absolute Gasteiger partial charge is 0.349 e. The fraction of sp³-hybridized carbons (Fsp3) is 0.545. The molecular weight excluding hydrogens is 297 g/mol. The monoisotopic (exact) mass is 310 g/mol. The fourth-order valence-electron chi connectivity index (χ4n) is 1.64. The van der Waals surface area contributed by atoms with Crippen LogP contribution in [0.5, 0.6) is 0 Å². The van der Waals surface area contributed by atoms with Crippen molar-refractivity contribution in [2.24, 2.45) is 0 Å². The van der Waals surface area contributed by atoms with E-state index in [-0.39, 0.29) is 16.4 Å². The van der Waals surface area contributed by atoms with Gasteiger partial charge in [-0.2, -0.15) is 13.2 Å². The number of halogens is 3. The second-order valence-electron chi connectivity index (χ2n) is 4.15. The molecule has 0 atom stereocenters. The first-order chi connectivity index (χ1) is 9.15. The molecule has 5 nitrogen and oxygen atoms in total. The molecule has 1 aromatic rings. The van der Waals surface area contributed by atoms with Gasteiger partial charge in [-0.25, -0.2) is 0 Å². The number of nitro groups is 1. The largest absolute Gasteiger partial charge is 0.405 e. The summed E-state index contributed by atoms with van der Waals surface area (Å²) in [4.78, 5) is 22.4. The van der Waals surface area contributed by atoms with E-state index in [0.717, 1.165) is 22.3 Å². The minimum Gasteiger partial charge on any atom is -0.349 e. The summed E-state index contributed by atoms with van der Waals surface area (Å²) in [5.41, 5.74) is -0.460. The zero-order valence-corrected chi connectivity index (χ0v) is 11.7. The van der Waals surface area contributed by atoms with Crippen LogP contribution in [0.4, 0.5) is 23.9 Å². The quantitative estimate of drug-likeness (QED) is 0.457. The molecule has 0 aliphatic rings. The van der Waals surface area contributed by atoms with E-state index in [1.807, 2.05) is 0 Å². The predicted octanol–water partition coefficient (Wildman–Crippen LogP) is 3.64. The SMILES string of the molecule is CCCN(CC(F)(F)F)c1sc(C(C)=O)cc1[N+](=O)[O-]. The van der Waals surface area contributed by atoms with Crippen LogP contribution in [0.3, 0.4) is 0 Å². The van der Waals surface area contributed by atoms with E-state index in [9.17, 15) is 28.1 Å². The first-order valence-electron chi connectivity index (χ1n) is 5.76. The number of rotatable bonds is 6. The van der Waals surface area contributed by atoms with Gasteiger partial charge in [0.1, 0.15) is 6.54 Å². The lowest BCUT2D eigenvalue weighted by molar-refractivity contribution is -0.383. The van der Waals surface area contributed by atoms with Crippen molar-refractivity contribution < 1.29 is 22.9 Å². The summed E-state index contributed by atoms with van der Waals surface area (Å²) in [5, 5.41) is 10.8. The number of hydrogen-bond donors (Lipinski definition) is 0. The van der Waals surface area contributed by atoms with Crippen LogP contribution >= 0.6 is 11.3 Å². The Kier molecular flexibility index (Phi) is 5.09. The van der Waals surface area contributed by atoms with E-state index >= 15 is 0 Å². The molecule has 20 heavy (non-hydrogen) atoms. The van der Waals surface area contributed by atoms with Crippen LogP contribution in [0.2, 0.25) is 0 Å². The van der Waals surface area contributed by atoms with Crippen molar-refractivity contribution in [1.82, 2.24) is 0 Å². The van der Waals surface area contributed by atoms with Crippen molar-refractivity contribution in [3.05, 3.63) is 21.1 Å². The maximum Gasteiger partial charge on any atom is 0.405 e. The summed E-state index contributed by atoms with van der Waals surface area (Å²) in [5.74, 6) is -0.409. The second kappa shape index (κ2) is 6.21. The van der Waals surface area contributed by atoms with Crippen LogP contribution in [0.1, 0.15) is 29.9 Å². The number of Topliss-reactive ketones (excluding diaryl/α,β-unsaturated/α-hetero) is 1. The number of carbonyl (C=O) groups excluding carboxylic acids is 1. The third-order valence-corrected chi connectivity index (χ3v) is 3.67. The number of carbonyl (C=O) groups is 1. The Bertz CT molecular complexity index is 514. The topological polar surface area (TPSA) is 63.5 Å². The summed E-state index contributed by atoms with van der Waals surface area (Å²) in [6.45, 7) is 1.64. The van der Waals surface area contributed by atoms with E-state index in [0.29, 0.717) is 6.42 Å². The highest BCUT2D eigenvalue weighted by Crippen LogP contribution is 2.39. The second-order valence-corrected chi connectivity index (χ2v) is 5.18. The molecule has 0 spiro atoms. The molecule has 0 aliphatic heterocycles. The van der Waals surface area contributed by atoms with Gasteiger partial charge in [-0.3, -0.25) is 14.9 Å². The molecule has 1 aromatic heterocycles. The summed E-state index contributed by atoms with van der Waals surface area (Å²) in [6.07, 6.45) is -4.07. The zero-order chi connectivity index (χ0) is 15.5. The standard InChI is InChI=1S/C11H13F3N2O3S/c1-3-4-15(6-11(12,13)14)10-8(16(18)19)5-9(20-10)7(2)17/h5H,3-4,6H2,1-2H3. The van der Waals surface area contributed by atoms with E-state index in [1.54, 1.807) is 6.92 Å². The van der Waals surface area contributed by atoms with Gasteiger partial charge in [-0.1, -0.05) is 6.92 Å². The summed E-state index contributed by atoms with van der Waals surface area (Å²) >= 11 is 0.719. The molecule has 0 saturated carbocycles. The van der Waals surface area contributed by atoms with Gasteiger partial charge >= 0.3 is 11.9 Å². The van der Waals surface area contributed by atoms with Crippen molar-refractivity contribution in [2.45, 2.75) is 26.4 Å². The van der Waals surface area contributed by atoms with Crippen molar-refractivity contribution >= 4 is 27.8 Å². The maximum absolute atomic E-state index is 12.5. The van der Waals surface area contributed by atoms with Crippen LogP contribution in [0, 0.1) is 10.1 Å². The maximum atomic E-state index is 12.5.